The fourth-order valence-corrected chi connectivity index (χ4v) is 5.38. The summed E-state index contributed by atoms with van der Waals surface area (Å²) >= 11 is 0. The Morgan fingerprint density at radius 3 is 2.49 bits per heavy atom. The maximum Gasteiger partial charge on any atom is 0.274 e. The number of ether oxygens (including phenoxy) is 2. The standard InChI is InChI=1S/C28H29F3N4O4/c1-14-7-15(8-21(32)26(14)36)17-5-6-33-11-23(17)35-27(37)22-4-3-18(29)25(34-22)24-19(30)9-16(10-20(24)31)28(38-2)12-39-13-28/h3-6,9-11,14-15,21,26,36H,7-8,12-13,32H2,1-2H3,(H,35,37)/t14-,15+,21+,26+/m0/s1. The SMILES string of the molecule is COC1(c2cc(F)c(-c3nc(C(=O)Nc4cnccc4[C@H]4C[C@@H](N)[C@H](O)[C@@H](C)C4)ccc3F)c(F)c2)COC1. The monoisotopic (exact) mass is 542 g/mol. The van der Waals surface area contributed by atoms with Crippen molar-refractivity contribution >= 4 is 11.6 Å². The molecule has 1 aliphatic heterocycles. The van der Waals surface area contributed by atoms with E-state index in [1.54, 1.807) is 12.3 Å². The Labute approximate surface area is 223 Å². The first-order valence-corrected chi connectivity index (χ1v) is 12.6. The molecule has 8 nitrogen and oxygen atoms in total. The van der Waals surface area contributed by atoms with E-state index < -0.39 is 52.4 Å². The number of amides is 1. The van der Waals surface area contributed by atoms with Gasteiger partial charge in [-0.15, -0.1) is 0 Å². The third-order valence-electron chi connectivity index (χ3n) is 7.72. The Morgan fingerprint density at radius 2 is 1.87 bits per heavy atom. The molecule has 206 valence electrons. The maximum atomic E-state index is 15.2. The summed E-state index contributed by atoms with van der Waals surface area (Å²) < 4.78 is 55.6. The lowest BCUT2D eigenvalue weighted by molar-refractivity contribution is -0.202. The van der Waals surface area contributed by atoms with E-state index in [4.69, 9.17) is 15.2 Å². The highest BCUT2D eigenvalue weighted by Gasteiger charge is 2.42. The molecule has 1 saturated carbocycles. The first-order valence-electron chi connectivity index (χ1n) is 12.6. The van der Waals surface area contributed by atoms with Gasteiger partial charge in [0.25, 0.3) is 5.91 Å². The summed E-state index contributed by atoms with van der Waals surface area (Å²) in [5, 5.41) is 13.0. The van der Waals surface area contributed by atoms with Crippen molar-refractivity contribution in [2.45, 2.75) is 43.4 Å². The molecule has 2 fully saturated rings. The van der Waals surface area contributed by atoms with E-state index in [0.717, 1.165) is 29.8 Å². The average molecular weight is 543 g/mol. The number of aliphatic hydroxyl groups excluding tert-OH is 1. The second-order valence-corrected chi connectivity index (χ2v) is 10.3. The minimum Gasteiger partial charge on any atom is -0.391 e. The van der Waals surface area contributed by atoms with Crippen molar-refractivity contribution in [3.63, 3.8) is 0 Å². The molecule has 0 bridgehead atoms. The molecule has 1 aromatic carbocycles. The highest BCUT2D eigenvalue weighted by atomic mass is 19.1. The van der Waals surface area contributed by atoms with Gasteiger partial charge in [0.05, 0.1) is 36.8 Å². The van der Waals surface area contributed by atoms with Gasteiger partial charge in [-0.05, 0) is 66.1 Å². The number of aromatic nitrogens is 2. The summed E-state index contributed by atoms with van der Waals surface area (Å²) in [6, 6.07) is 5.55. The number of methoxy groups -OCH3 is 1. The topological polar surface area (TPSA) is 120 Å². The Kier molecular flexibility index (Phi) is 7.43. The maximum absolute atomic E-state index is 15.2. The number of nitrogens with two attached hydrogens (primary N) is 1. The molecule has 1 amide bonds. The van der Waals surface area contributed by atoms with Crippen LogP contribution in [0.1, 0.15) is 47.3 Å². The van der Waals surface area contributed by atoms with Crippen LogP contribution >= 0.6 is 0 Å². The molecule has 11 heteroatoms. The molecule has 4 N–H and O–H groups in total. The Hall–Kier alpha value is -3.38. The fraction of sp³-hybridized carbons (Fsp3) is 0.393. The Bertz CT molecular complexity index is 1360. The number of halogens is 3. The minimum atomic E-state index is -1.04. The van der Waals surface area contributed by atoms with Gasteiger partial charge >= 0.3 is 0 Å². The van der Waals surface area contributed by atoms with Crippen LogP contribution in [0.5, 0.6) is 0 Å². The van der Waals surface area contributed by atoms with Gasteiger partial charge in [0.1, 0.15) is 34.4 Å². The number of anilines is 1. The summed E-state index contributed by atoms with van der Waals surface area (Å²) in [7, 11) is 1.41. The van der Waals surface area contributed by atoms with Gasteiger partial charge in [0.2, 0.25) is 0 Å². The molecular weight excluding hydrogens is 513 g/mol. The smallest absolute Gasteiger partial charge is 0.274 e. The number of aliphatic hydroxyl groups is 1. The van der Waals surface area contributed by atoms with Gasteiger partial charge in [0, 0.05) is 19.3 Å². The predicted molar refractivity (Wildman–Crippen MR) is 136 cm³/mol. The molecule has 3 heterocycles. The molecule has 39 heavy (non-hydrogen) atoms. The number of carbonyl (C=O) groups excluding carboxylic acids is 1. The van der Waals surface area contributed by atoms with Crippen molar-refractivity contribution in [1.82, 2.24) is 9.97 Å². The van der Waals surface area contributed by atoms with E-state index >= 15 is 8.78 Å². The number of rotatable bonds is 6. The van der Waals surface area contributed by atoms with Crippen LogP contribution in [0.4, 0.5) is 18.9 Å². The van der Waals surface area contributed by atoms with Crippen LogP contribution in [0.25, 0.3) is 11.3 Å². The molecule has 5 rings (SSSR count). The first-order chi connectivity index (χ1) is 18.6. The summed E-state index contributed by atoms with van der Waals surface area (Å²) in [6.45, 7) is 2.18. The van der Waals surface area contributed by atoms with Gasteiger partial charge in [-0.2, -0.15) is 0 Å². The van der Waals surface area contributed by atoms with Crippen LogP contribution in [-0.2, 0) is 15.1 Å². The molecule has 0 spiro atoms. The lowest BCUT2D eigenvalue weighted by Gasteiger charge is -2.40. The lowest BCUT2D eigenvalue weighted by Crippen LogP contribution is -2.48. The summed E-state index contributed by atoms with van der Waals surface area (Å²) in [5.41, 5.74) is 5.00. The molecule has 2 aromatic heterocycles. The van der Waals surface area contributed by atoms with Crippen molar-refractivity contribution in [1.29, 1.82) is 0 Å². The van der Waals surface area contributed by atoms with Crippen molar-refractivity contribution in [2.24, 2.45) is 11.7 Å². The summed E-state index contributed by atoms with van der Waals surface area (Å²) in [4.78, 5) is 21.2. The molecule has 1 saturated heterocycles. The van der Waals surface area contributed by atoms with Gasteiger partial charge < -0.3 is 25.6 Å². The van der Waals surface area contributed by atoms with Crippen LogP contribution in [0, 0.1) is 23.4 Å². The Balaban J connectivity index is 1.43. The van der Waals surface area contributed by atoms with E-state index in [1.165, 1.54) is 13.3 Å². The van der Waals surface area contributed by atoms with Crippen LogP contribution < -0.4 is 11.1 Å². The lowest BCUT2D eigenvalue weighted by atomic mass is 9.74. The quantitative estimate of drug-likeness (QED) is 0.432. The zero-order chi connectivity index (χ0) is 27.9. The van der Waals surface area contributed by atoms with Crippen molar-refractivity contribution < 1.29 is 32.5 Å². The number of benzene rings is 1. The predicted octanol–water partition coefficient (Wildman–Crippen LogP) is 3.89. The zero-order valence-corrected chi connectivity index (χ0v) is 21.5. The largest absolute Gasteiger partial charge is 0.391 e. The highest BCUT2D eigenvalue weighted by molar-refractivity contribution is 6.03. The number of carbonyl (C=O) groups is 1. The summed E-state index contributed by atoms with van der Waals surface area (Å²) in [6.07, 6.45) is 3.64. The van der Waals surface area contributed by atoms with Crippen molar-refractivity contribution in [2.75, 3.05) is 25.6 Å². The van der Waals surface area contributed by atoms with Crippen LogP contribution in [0.3, 0.4) is 0 Å². The second kappa shape index (κ2) is 10.6. The van der Waals surface area contributed by atoms with Crippen LogP contribution in [-0.4, -0.2) is 53.5 Å². The van der Waals surface area contributed by atoms with Crippen LogP contribution in [0.15, 0.2) is 42.7 Å². The van der Waals surface area contributed by atoms with E-state index in [2.05, 4.69) is 15.3 Å². The highest BCUT2D eigenvalue weighted by Crippen LogP contribution is 2.39. The number of hydrogen-bond acceptors (Lipinski definition) is 7. The average Bonchev–Trinajstić information content (AvgIpc) is 2.87. The molecule has 1 aliphatic carbocycles. The fourth-order valence-electron chi connectivity index (χ4n) is 5.38. The first kappa shape index (κ1) is 27.2. The van der Waals surface area contributed by atoms with E-state index in [1.807, 2.05) is 6.92 Å². The minimum absolute atomic E-state index is 0.0356. The van der Waals surface area contributed by atoms with E-state index in [-0.39, 0.29) is 36.3 Å². The summed E-state index contributed by atoms with van der Waals surface area (Å²) in [5.74, 6) is -3.86. The van der Waals surface area contributed by atoms with Gasteiger partial charge in [-0.1, -0.05) is 6.92 Å². The van der Waals surface area contributed by atoms with E-state index in [9.17, 15) is 14.3 Å². The molecule has 2 aliphatic rings. The number of nitrogens with one attached hydrogen (secondary N) is 1. The number of pyridine rings is 2. The van der Waals surface area contributed by atoms with Crippen molar-refractivity contribution in [3.8, 4) is 11.3 Å². The number of nitrogens with zero attached hydrogens (tertiary/aromatic N) is 2. The third-order valence-corrected chi connectivity index (χ3v) is 7.72. The molecule has 0 radical (unpaired) electrons. The second-order valence-electron chi connectivity index (χ2n) is 10.3. The van der Waals surface area contributed by atoms with E-state index in [0.29, 0.717) is 18.5 Å². The van der Waals surface area contributed by atoms with Crippen molar-refractivity contribution in [3.05, 3.63) is 77.0 Å². The molecule has 3 aromatic rings. The number of hydrogen-bond donors (Lipinski definition) is 3. The normalized spacial score (nSPS) is 24.2. The van der Waals surface area contributed by atoms with Gasteiger partial charge in [-0.25, -0.2) is 18.2 Å². The molecule has 4 atom stereocenters. The third kappa shape index (κ3) is 5.03. The molecule has 0 unspecified atom stereocenters. The molecular formula is C28H29F3N4O4. The van der Waals surface area contributed by atoms with Gasteiger partial charge in [-0.3, -0.25) is 9.78 Å². The zero-order valence-electron chi connectivity index (χ0n) is 21.5. The Morgan fingerprint density at radius 1 is 1.15 bits per heavy atom. The van der Waals surface area contributed by atoms with Gasteiger partial charge in [0.15, 0.2) is 0 Å². The van der Waals surface area contributed by atoms with Crippen LogP contribution in [0.2, 0.25) is 0 Å².